The third-order valence-electron chi connectivity index (χ3n) is 4.59. The highest BCUT2D eigenvalue weighted by Crippen LogP contribution is 2.36. The van der Waals surface area contributed by atoms with Gasteiger partial charge in [-0.05, 0) is 52.0 Å². The summed E-state index contributed by atoms with van der Waals surface area (Å²) in [5.41, 5.74) is 0. The molecular formula is C15H28N2O2. The number of hydrogen-bond donors (Lipinski definition) is 1. The van der Waals surface area contributed by atoms with Crippen LogP contribution in [0.3, 0.4) is 0 Å². The van der Waals surface area contributed by atoms with E-state index in [9.17, 15) is 4.79 Å². The highest BCUT2D eigenvalue weighted by atomic mass is 16.5. The van der Waals surface area contributed by atoms with Gasteiger partial charge in [0, 0.05) is 31.7 Å². The molecule has 0 radical (unpaired) electrons. The monoisotopic (exact) mass is 268 g/mol. The second-order valence-corrected chi connectivity index (χ2v) is 6.18. The third-order valence-corrected chi connectivity index (χ3v) is 4.59. The molecule has 2 aliphatic rings. The third kappa shape index (κ3) is 3.93. The first-order valence-electron chi connectivity index (χ1n) is 7.66. The Morgan fingerprint density at radius 3 is 2.74 bits per heavy atom. The molecule has 1 saturated heterocycles. The zero-order chi connectivity index (χ0) is 13.8. The van der Waals surface area contributed by atoms with Crippen molar-refractivity contribution < 1.29 is 9.53 Å². The van der Waals surface area contributed by atoms with Crippen LogP contribution >= 0.6 is 0 Å². The number of methoxy groups -OCH3 is 1. The first-order valence-corrected chi connectivity index (χ1v) is 7.66. The van der Waals surface area contributed by atoms with Crippen LogP contribution < -0.4 is 5.32 Å². The van der Waals surface area contributed by atoms with Gasteiger partial charge in [0.15, 0.2) is 0 Å². The molecule has 0 aromatic heterocycles. The first-order chi connectivity index (χ1) is 9.13. The minimum atomic E-state index is 0.203. The second kappa shape index (κ2) is 6.71. The topological polar surface area (TPSA) is 41.6 Å². The van der Waals surface area contributed by atoms with Gasteiger partial charge < -0.3 is 15.0 Å². The number of ether oxygens (including phenoxy) is 1. The van der Waals surface area contributed by atoms with Gasteiger partial charge in [-0.15, -0.1) is 0 Å². The van der Waals surface area contributed by atoms with E-state index < -0.39 is 0 Å². The largest absolute Gasteiger partial charge is 0.383 e. The minimum Gasteiger partial charge on any atom is -0.383 e. The molecule has 1 N–H and O–H groups in total. The van der Waals surface area contributed by atoms with E-state index in [2.05, 4.69) is 24.1 Å². The fourth-order valence-corrected chi connectivity index (χ4v) is 3.13. The van der Waals surface area contributed by atoms with Crippen LogP contribution in [0.1, 0.15) is 39.5 Å². The van der Waals surface area contributed by atoms with Gasteiger partial charge in [0.1, 0.15) is 0 Å². The van der Waals surface area contributed by atoms with E-state index in [1.807, 2.05) is 0 Å². The number of rotatable bonds is 6. The van der Waals surface area contributed by atoms with Crippen molar-refractivity contribution >= 4 is 5.91 Å². The maximum Gasteiger partial charge on any atom is 0.226 e. The number of nitrogens with one attached hydrogen (secondary N) is 1. The van der Waals surface area contributed by atoms with E-state index in [0.29, 0.717) is 24.6 Å². The van der Waals surface area contributed by atoms with Crippen molar-refractivity contribution in [2.45, 2.75) is 51.6 Å². The summed E-state index contributed by atoms with van der Waals surface area (Å²) in [5, 5.41) is 3.42. The quantitative estimate of drug-likeness (QED) is 0.796. The molecule has 3 atom stereocenters. The molecule has 0 aromatic rings. The van der Waals surface area contributed by atoms with Crippen molar-refractivity contribution in [2.75, 3.05) is 26.8 Å². The van der Waals surface area contributed by atoms with Gasteiger partial charge in [0.2, 0.25) is 5.91 Å². The summed E-state index contributed by atoms with van der Waals surface area (Å²) >= 11 is 0. The Bertz CT molecular complexity index is 305. The van der Waals surface area contributed by atoms with Crippen LogP contribution in [0.4, 0.5) is 0 Å². The van der Waals surface area contributed by atoms with Crippen molar-refractivity contribution in [2.24, 2.45) is 11.8 Å². The molecular weight excluding hydrogens is 240 g/mol. The SMILES string of the molecule is COCCN(C(=O)C1CCNC(C)C1)C(C)C1CC1. The van der Waals surface area contributed by atoms with Crippen LogP contribution in [0, 0.1) is 11.8 Å². The summed E-state index contributed by atoms with van der Waals surface area (Å²) in [4.78, 5) is 14.9. The molecule has 1 aliphatic carbocycles. The van der Waals surface area contributed by atoms with E-state index in [1.165, 1.54) is 12.8 Å². The number of carbonyl (C=O) groups excluding carboxylic acids is 1. The average Bonchev–Trinajstić information content (AvgIpc) is 3.23. The van der Waals surface area contributed by atoms with Crippen molar-refractivity contribution in [1.82, 2.24) is 10.2 Å². The fourth-order valence-electron chi connectivity index (χ4n) is 3.13. The zero-order valence-electron chi connectivity index (χ0n) is 12.5. The standard InChI is InChI=1S/C15H28N2O2/c1-11-10-14(6-7-16-11)15(18)17(8-9-19-3)12(2)13-4-5-13/h11-14,16H,4-10H2,1-3H3. The number of amides is 1. The molecule has 0 aromatic carbocycles. The van der Waals surface area contributed by atoms with Crippen molar-refractivity contribution in [1.29, 1.82) is 0 Å². The number of hydrogen-bond acceptors (Lipinski definition) is 3. The normalized spacial score (nSPS) is 29.0. The van der Waals surface area contributed by atoms with Crippen molar-refractivity contribution in [3.8, 4) is 0 Å². The van der Waals surface area contributed by atoms with Gasteiger partial charge in [-0.1, -0.05) is 0 Å². The first kappa shape index (κ1) is 14.8. The lowest BCUT2D eigenvalue weighted by Gasteiger charge is -2.35. The summed E-state index contributed by atoms with van der Waals surface area (Å²) < 4.78 is 5.18. The Kier molecular flexibility index (Phi) is 5.22. The molecule has 1 heterocycles. The molecule has 2 fully saturated rings. The van der Waals surface area contributed by atoms with Crippen molar-refractivity contribution in [3.05, 3.63) is 0 Å². The summed E-state index contributed by atoms with van der Waals surface area (Å²) in [6.45, 7) is 6.72. The van der Waals surface area contributed by atoms with Gasteiger partial charge in [-0.2, -0.15) is 0 Å². The zero-order valence-corrected chi connectivity index (χ0v) is 12.5. The molecule has 0 bridgehead atoms. The van der Waals surface area contributed by atoms with Gasteiger partial charge in [0.25, 0.3) is 0 Å². The highest BCUT2D eigenvalue weighted by Gasteiger charge is 2.37. The molecule has 19 heavy (non-hydrogen) atoms. The van der Waals surface area contributed by atoms with Gasteiger partial charge in [-0.3, -0.25) is 4.79 Å². The van der Waals surface area contributed by atoms with E-state index in [4.69, 9.17) is 4.74 Å². The molecule has 3 unspecified atom stereocenters. The minimum absolute atomic E-state index is 0.203. The molecule has 4 nitrogen and oxygen atoms in total. The molecule has 4 heteroatoms. The van der Waals surface area contributed by atoms with E-state index in [-0.39, 0.29) is 5.92 Å². The summed E-state index contributed by atoms with van der Waals surface area (Å²) in [5.74, 6) is 1.28. The Morgan fingerprint density at radius 1 is 1.42 bits per heavy atom. The summed E-state index contributed by atoms with van der Waals surface area (Å²) in [7, 11) is 1.71. The van der Waals surface area contributed by atoms with Crippen LogP contribution in [-0.4, -0.2) is 49.7 Å². The Balaban J connectivity index is 1.96. The lowest BCUT2D eigenvalue weighted by Crippen LogP contribution is -2.48. The van der Waals surface area contributed by atoms with Gasteiger partial charge in [0.05, 0.1) is 6.61 Å². The van der Waals surface area contributed by atoms with Crippen LogP contribution in [0.25, 0.3) is 0 Å². The van der Waals surface area contributed by atoms with Crippen LogP contribution in [0.15, 0.2) is 0 Å². The molecule has 1 amide bonds. The maximum absolute atomic E-state index is 12.8. The molecule has 1 saturated carbocycles. The second-order valence-electron chi connectivity index (χ2n) is 6.18. The Hall–Kier alpha value is -0.610. The highest BCUT2D eigenvalue weighted by molar-refractivity contribution is 5.79. The van der Waals surface area contributed by atoms with Gasteiger partial charge in [-0.25, -0.2) is 0 Å². The summed E-state index contributed by atoms with van der Waals surface area (Å²) in [6.07, 6.45) is 4.50. The summed E-state index contributed by atoms with van der Waals surface area (Å²) in [6, 6.07) is 0.844. The molecule has 0 spiro atoms. The van der Waals surface area contributed by atoms with E-state index in [0.717, 1.165) is 31.8 Å². The molecule has 1 aliphatic heterocycles. The Morgan fingerprint density at radius 2 is 2.16 bits per heavy atom. The lowest BCUT2D eigenvalue weighted by molar-refractivity contribution is -0.140. The molecule has 110 valence electrons. The predicted molar refractivity (Wildman–Crippen MR) is 76.0 cm³/mol. The number of carbonyl (C=O) groups is 1. The van der Waals surface area contributed by atoms with Crippen LogP contribution in [0.5, 0.6) is 0 Å². The molecule has 2 rings (SSSR count). The van der Waals surface area contributed by atoms with Crippen molar-refractivity contribution in [3.63, 3.8) is 0 Å². The van der Waals surface area contributed by atoms with Crippen LogP contribution in [0.2, 0.25) is 0 Å². The van der Waals surface area contributed by atoms with E-state index >= 15 is 0 Å². The Labute approximate surface area is 116 Å². The number of piperidine rings is 1. The maximum atomic E-state index is 12.8. The fraction of sp³-hybridized carbons (Fsp3) is 0.933. The number of nitrogens with zero attached hydrogens (tertiary/aromatic N) is 1. The van der Waals surface area contributed by atoms with E-state index in [1.54, 1.807) is 7.11 Å². The smallest absolute Gasteiger partial charge is 0.226 e. The van der Waals surface area contributed by atoms with Crippen LogP contribution in [-0.2, 0) is 9.53 Å². The lowest BCUT2D eigenvalue weighted by atomic mass is 9.91. The van der Waals surface area contributed by atoms with Gasteiger partial charge >= 0.3 is 0 Å². The predicted octanol–water partition coefficient (Wildman–Crippen LogP) is 1.65. The average molecular weight is 268 g/mol.